The van der Waals surface area contributed by atoms with Crippen LogP contribution in [-0.2, 0) is 9.59 Å². The van der Waals surface area contributed by atoms with Crippen LogP contribution in [0.3, 0.4) is 0 Å². The van der Waals surface area contributed by atoms with Crippen molar-refractivity contribution < 1.29 is 9.59 Å². The summed E-state index contributed by atoms with van der Waals surface area (Å²) in [4.78, 5) is 23.2. The first kappa shape index (κ1) is 13.7. The molecule has 4 rings (SSSR count). The van der Waals surface area contributed by atoms with Gasteiger partial charge in [0.25, 0.3) is 0 Å². The molecule has 0 heterocycles. The van der Waals surface area contributed by atoms with Crippen LogP contribution >= 0.6 is 0 Å². The molecule has 0 aromatic carbocycles. The third kappa shape index (κ3) is 1.90. The standard InChI is InChI=1S/C19H26O2/c1-19-9-8-16-15-6-4-14(21)10-12(15)2-5-17(16)18(19)7-3-13(19)11-20/h11,13,16-18H,2-10H2,1H3/t13-,16-,17-,18+,19-/m1/s1. The van der Waals surface area contributed by atoms with Crippen LogP contribution in [0.15, 0.2) is 11.1 Å². The minimum Gasteiger partial charge on any atom is -0.303 e. The lowest BCUT2D eigenvalue weighted by atomic mass is 9.53. The van der Waals surface area contributed by atoms with E-state index in [4.69, 9.17) is 0 Å². The van der Waals surface area contributed by atoms with Gasteiger partial charge >= 0.3 is 0 Å². The lowest BCUT2D eigenvalue weighted by Crippen LogP contribution is -2.44. The SMILES string of the molecule is C[C@]12CC[C@@H]3C4=C(CC[C@H]3[C@@H]1CC[C@@H]2C=O)CC(=O)CC4. The molecule has 0 aromatic rings. The molecule has 0 unspecified atom stereocenters. The van der Waals surface area contributed by atoms with E-state index in [1.165, 1.54) is 37.5 Å². The lowest BCUT2D eigenvalue weighted by Gasteiger charge is -2.51. The zero-order valence-corrected chi connectivity index (χ0v) is 13.1. The second-order valence-corrected chi connectivity index (χ2v) is 8.12. The number of ketones is 1. The van der Waals surface area contributed by atoms with Crippen molar-refractivity contribution >= 4 is 12.1 Å². The number of allylic oxidation sites excluding steroid dienone is 2. The number of aldehydes is 1. The van der Waals surface area contributed by atoms with E-state index in [0.29, 0.717) is 11.7 Å². The van der Waals surface area contributed by atoms with Gasteiger partial charge in [0.05, 0.1) is 0 Å². The molecule has 0 amide bonds. The molecule has 0 aromatic heterocycles. The molecule has 0 spiro atoms. The van der Waals surface area contributed by atoms with Gasteiger partial charge in [0.15, 0.2) is 0 Å². The predicted molar refractivity (Wildman–Crippen MR) is 81.7 cm³/mol. The van der Waals surface area contributed by atoms with Crippen LogP contribution in [-0.4, -0.2) is 12.1 Å². The molecule has 0 N–H and O–H groups in total. The van der Waals surface area contributed by atoms with E-state index in [9.17, 15) is 9.59 Å². The zero-order chi connectivity index (χ0) is 14.6. The first-order chi connectivity index (χ1) is 10.1. The van der Waals surface area contributed by atoms with Gasteiger partial charge in [0, 0.05) is 18.8 Å². The van der Waals surface area contributed by atoms with Crippen molar-refractivity contribution in [3.63, 3.8) is 0 Å². The summed E-state index contributed by atoms with van der Waals surface area (Å²) in [6.45, 7) is 2.38. The molecule has 2 nitrogen and oxygen atoms in total. The normalized spacial score (nSPS) is 45.9. The van der Waals surface area contributed by atoms with Crippen molar-refractivity contribution in [3.8, 4) is 0 Å². The van der Waals surface area contributed by atoms with E-state index in [0.717, 1.165) is 49.9 Å². The smallest absolute Gasteiger partial charge is 0.137 e. The van der Waals surface area contributed by atoms with E-state index in [1.54, 1.807) is 5.57 Å². The van der Waals surface area contributed by atoms with Crippen LogP contribution in [0.5, 0.6) is 0 Å². The molecular formula is C19H26O2. The highest BCUT2D eigenvalue weighted by Gasteiger charge is 2.55. The highest BCUT2D eigenvalue weighted by atomic mass is 16.1. The molecule has 0 saturated heterocycles. The number of hydrogen-bond donors (Lipinski definition) is 0. The summed E-state index contributed by atoms with van der Waals surface area (Å²) >= 11 is 0. The second kappa shape index (κ2) is 4.79. The molecule has 4 aliphatic carbocycles. The van der Waals surface area contributed by atoms with Gasteiger partial charge in [0.1, 0.15) is 12.1 Å². The fraction of sp³-hybridized carbons (Fsp3) is 0.789. The zero-order valence-electron chi connectivity index (χ0n) is 13.1. The predicted octanol–water partition coefficient (Wildman–Crippen LogP) is 4.09. The summed E-state index contributed by atoms with van der Waals surface area (Å²) in [6, 6.07) is 0. The van der Waals surface area contributed by atoms with Gasteiger partial charge in [-0.1, -0.05) is 18.1 Å². The Labute approximate surface area is 127 Å². The van der Waals surface area contributed by atoms with Gasteiger partial charge in [-0.25, -0.2) is 0 Å². The van der Waals surface area contributed by atoms with Crippen molar-refractivity contribution in [2.24, 2.45) is 29.1 Å². The van der Waals surface area contributed by atoms with E-state index < -0.39 is 0 Å². The molecule has 2 heteroatoms. The van der Waals surface area contributed by atoms with Gasteiger partial charge in [-0.2, -0.15) is 0 Å². The molecule has 4 aliphatic rings. The quantitative estimate of drug-likeness (QED) is 0.537. The van der Waals surface area contributed by atoms with Gasteiger partial charge < -0.3 is 4.79 Å². The van der Waals surface area contributed by atoms with E-state index >= 15 is 0 Å². The van der Waals surface area contributed by atoms with E-state index in [-0.39, 0.29) is 5.41 Å². The summed E-state index contributed by atoms with van der Waals surface area (Å²) in [5, 5.41) is 0. The van der Waals surface area contributed by atoms with Crippen LogP contribution in [0.25, 0.3) is 0 Å². The Morgan fingerprint density at radius 3 is 2.76 bits per heavy atom. The van der Waals surface area contributed by atoms with Crippen molar-refractivity contribution in [2.75, 3.05) is 0 Å². The number of hydrogen-bond acceptors (Lipinski definition) is 2. The Kier molecular flexibility index (Phi) is 3.13. The average molecular weight is 286 g/mol. The lowest BCUT2D eigenvalue weighted by molar-refractivity contribution is -0.119. The van der Waals surface area contributed by atoms with Crippen molar-refractivity contribution in [1.29, 1.82) is 0 Å². The Balaban J connectivity index is 1.64. The van der Waals surface area contributed by atoms with Crippen molar-refractivity contribution in [2.45, 2.75) is 64.7 Å². The fourth-order valence-corrected chi connectivity index (χ4v) is 6.32. The average Bonchev–Trinajstić information content (AvgIpc) is 2.83. The third-order valence-electron chi connectivity index (χ3n) is 7.44. The minimum absolute atomic E-state index is 0.269. The highest BCUT2D eigenvalue weighted by molar-refractivity contribution is 5.82. The van der Waals surface area contributed by atoms with Crippen LogP contribution in [0.2, 0.25) is 0 Å². The number of carbonyl (C=O) groups excluding carboxylic acids is 2. The monoisotopic (exact) mass is 286 g/mol. The first-order valence-corrected chi connectivity index (χ1v) is 8.81. The largest absolute Gasteiger partial charge is 0.303 e. The summed E-state index contributed by atoms with van der Waals surface area (Å²) in [7, 11) is 0. The molecule has 0 radical (unpaired) electrons. The summed E-state index contributed by atoms with van der Waals surface area (Å²) in [6.07, 6.45) is 11.1. The van der Waals surface area contributed by atoms with Crippen LogP contribution in [0.1, 0.15) is 64.7 Å². The van der Waals surface area contributed by atoms with E-state index in [1.807, 2.05) is 0 Å². The Morgan fingerprint density at radius 2 is 1.95 bits per heavy atom. The molecule has 21 heavy (non-hydrogen) atoms. The summed E-state index contributed by atoms with van der Waals surface area (Å²) in [5.41, 5.74) is 3.44. The number of carbonyl (C=O) groups is 2. The maximum absolute atomic E-state index is 11.7. The number of Topliss-reactive ketones (excluding diaryl/α,β-unsaturated/α-hetero) is 1. The van der Waals surface area contributed by atoms with Crippen molar-refractivity contribution in [1.82, 2.24) is 0 Å². The van der Waals surface area contributed by atoms with Gasteiger partial charge in [-0.05, 0) is 68.1 Å². The molecule has 114 valence electrons. The van der Waals surface area contributed by atoms with Crippen LogP contribution < -0.4 is 0 Å². The Bertz CT molecular complexity index is 518. The van der Waals surface area contributed by atoms with Gasteiger partial charge in [0.2, 0.25) is 0 Å². The second-order valence-electron chi connectivity index (χ2n) is 8.12. The Morgan fingerprint density at radius 1 is 1.10 bits per heavy atom. The highest BCUT2D eigenvalue weighted by Crippen LogP contribution is 2.62. The Hall–Kier alpha value is -0.920. The van der Waals surface area contributed by atoms with Crippen LogP contribution in [0, 0.1) is 29.1 Å². The molecule has 2 fully saturated rings. The third-order valence-corrected chi connectivity index (χ3v) is 7.44. The fourth-order valence-electron chi connectivity index (χ4n) is 6.32. The molecule has 0 bridgehead atoms. The molecule has 2 saturated carbocycles. The topological polar surface area (TPSA) is 34.1 Å². The maximum atomic E-state index is 11.7. The number of fused-ring (bicyclic) bond motifs is 4. The maximum Gasteiger partial charge on any atom is 0.137 e. The summed E-state index contributed by atoms with van der Waals surface area (Å²) < 4.78 is 0. The molecule has 5 atom stereocenters. The van der Waals surface area contributed by atoms with Crippen molar-refractivity contribution in [3.05, 3.63) is 11.1 Å². The van der Waals surface area contributed by atoms with E-state index in [2.05, 4.69) is 6.92 Å². The van der Waals surface area contributed by atoms with Gasteiger partial charge in [-0.3, -0.25) is 4.79 Å². The summed E-state index contributed by atoms with van der Waals surface area (Å²) in [5.74, 6) is 3.03. The number of rotatable bonds is 1. The van der Waals surface area contributed by atoms with Crippen LogP contribution in [0.4, 0.5) is 0 Å². The molecule has 0 aliphatic heterocycles. The minimum atomic E-state index is 0.269. The molecular weight excluding hydrogens is 260 g/mol. The van der Waals surface area contributed by atoms with Gasteiger partial charge in [-0.15, -0.1) is 0 Å². The first-order valence-electron chi connectivity index (χ1n) is 8.81.